The Balaban J connectivity index is 0.00000144. The Hall–Kier alpha value is -0.770. The van der Waals surface area contributed by atoms with Crippen LogP contribution in [0.4, 0.5) is 5.69 Å². The highest BCUT2D eigenvalue weighted by Gasteiger charge is 2.22. The summed E-state index contributed by atoms with van der Waals surface area (Å²) in [5.74, 6) is 0.0304. The molecule has 94 valence electrons. The summed E-state index contributed by atoms with van der Waals surface area (Å²) >= 11 is 5.99. The fraction of sp³-hybridized carbons (Fsp3) is 0.417. The highest BCUT2D eigenvalue weighted by Crippen LogP contribution is 2.23. The zero-order valence-electron chi connectivity index (χ0n) is 9.63. The second-order valence-corrected chi connectivity index (χ2v) is 4.46. The first-order valence-corrected chi connectivity index (χ1v) is 5.85. The number of rotatable bonds is 2. The number of hydrogen-bond donors (Lipinski definition) is 2. The van der Waals surface area contributed by atoms with E-state index >= 15 is 0 Å². The maximum absolute atomic E-state index is 11.9. The fourth-order valence-electron chi connectivity index (χ4n) is 1.87. The van der Waals surface area contributed by atoms with Crippen LogP contribution in [0.1, 0.15) is 18.4 Å². The molecule has 1 aliphatic rings. The molecule has 1 fully saturated rings. The average Bonchev–Trinajstić information content (AvgIpc) is 2.78. The minimum absolute atomic E-state index is 0. The number of amides is 1. The Labute approximate surface area is 112 Å². The second-order valence-electron chi connectivity index (χ2n) is 4.05. The van der Waals surface area contributed by atoms with Gasteiger partial charge in [0.25, 0.3) is 0 Å². The van der Waals surface area contributed by atoms with Crippen molar-refractivity contribution in [2.24, 2.45) is 0 Å². The summed E-state index contributed by atoms with van der Waals surface area (Å²) in [5.41, 5.74) is 1.71. The lowest BCUT2D eigenvalue weighted by molar-refractivity contribution is -0.117. The number of halogens is 2. The Bertz CT molecular complexity index is 403. The van der Waals surface area contributed by atoms with Crippen LogP contribution in [0.25, 0.3) is 0 Å². The maximum atomic E-state index is 11.9. The van der Waals surface area contributed by atoms with Gasteiger partial charge in [0, 0.05) is 10.7 Å². The summed E-state index contributed by atoms with van der Waals surface area (Å²) in [6.45, 7) is 2.83. The van der Waals surface area contributed by atoms with Gasteiger partial charge in [-0.05, 0) is 44.0 Å². The molecule has 0 bridgehead atoms. The van der Waals surface area contributed by atoms with E-state index in [1.165, 1.54) is 0 Å². The van der Waals surface area contributed by atoms with Crippen molar-refractivity contribution in [3.8, 4) is 0 Å². The Morgan fingerprint density at radius 1 is 1.53 bits per heavy atom. The predicted octanol–water partition coefficient (Wildman–Crippen LogP) is 2.76. The van der Waals surface area contributed by atoms with Crippen molar-refractivity contribution in [2.45, 2.75) is 25.8 Å². The van der Waals surface area contributed by atoms with Crippen molar-refractivity contribution in [1.82, 2.24) is 5.32 Å². The molecule has 0 saturated carbocycles. The van der Waals surface area contributed by atoms with Gasteiger partial charge in [-0.15, -0.1) is 12.4 Å². The summed E-state index contributed by atoms with van der Waals surface area (Å²) in [6, 6.07) is 5.47. The molecule has 2 rings (SSSR count). The number of nitrogens with one attached hydrogen (secondary N) is 2. The molecule has 2 N–H and O–H groups in total. The van der Waals surface area contributed by atoms with Gasteiger partial charge >= 0.3 is 0 Å². The van der Waals surface area contributed by atoms with Crippen molar-refractivity contribution >= 4 is 35.6 Å². The fourth-order valence-corrected chi connectivity index (χ4v) is 2.05. The number of carbonyl (C=O) groups excluding carboxylic acids is 1. The first kappa shape index (κ1) is 14.3. The summed E-state index contributed by atoms with van der Waals surface area (Å²) < 4.78 is 0. The number of hydrogen-bond acceptors (Lipinski definition) is 2. The van der Waals surface area contributed by atoms with Crippen molar-refractivity contribution in [2.75, 3.05) is 11.9 Å². The molecule has 0 radical (unpaired) electrons. The molecule has 1 heterocycles. The van der Waals surface area contributed by atoms with Gasteiger partial charge in [0.05, 0.1) is 6.04 Å². The van der Waals surface area contributed by atoms with Crippen LogP contribution in [0.5, 0.6) is 0 Å². The molecule has 1 unspecified atom stereocenters. The van der Waals surface area contributed by atoms with Crippen LogP contribution in [-0.4, -0.2) is 18.5 Å². The van der Waals surface area contributed by atoms with Crippen molar-refractivity contribution in [3.63, 3.8) is 0 Å². The van der Waals surface area contributed by atoms with Gasteiger partial charge in [-0.3, -0.25) is 4.79 Å². The molecule has 0 aromatic heterocycles. The largest absolute Gasteiger partial charge is 0.324 e. The molecule has 1 aromatic rings. The van der Waals surface area contributed by atoms with Crippen LogP contribution in [-0.2, 0) is 4.79 Å². The molecule has 0 spiro atoms. The summed E-state index contributed by atoms with van der Waals surface area (Å²) in [5, 5.41) is 6.75. The first-order chi connectivity index (χ1) is 7.68. The summed E-state index contributed by atoms with van der Waals surface area (Å²) in [6.07, 6.45) is 1.97. The van der Waals surface area contributed by atoms with E-state index in [1.807, 2.05) is 25.1 Å². The number of anilines is 1. The van der Waals surface area contributed by atoms with Crippen molar-refractivity contribution in [3.05, 3.63) is 28.8 Å². The van der Waals surface area contributed by atoms with Gasteiger partial charge in [-0.2, -0.15) is 0 Å². The highest BCUT2D eigenvalue weighted by molar-refractivity contribution is 6.31. The lowest BCUT2D eigenvalue weighted by Gasteiger charge is -2.13. The summed E-state index contributed by atoms with van der Waals surface area (Å²) in [4.78, 5) is 11.9. The van der Waals surface area contributed by atoms with E-state index in [2.05, 4.69) is 10.6 Å². The Morgan fingerprint density at radius 2 is 2.29 bits per heavy atom. The van der Waals surface area contributed by atoms with Gasteiger partial charge in [0.1, 0.15) is 0 Å². The quantitative estimate of drug-likeness (QED) is 0.871. The molecule has 1 amide bonds. The molecule has 5 heteroatoms. The van der Waals surface area contributed by atoms with Gasteiger partial charge in [0.2, 0.25) is 5.91 Å². The highest BCUT2D eigenvalue weighted by atomic mass is 35.5. The van der Waals surface area contributed by atoms with Gasteiger partial charge in [-0.25, -0.2) is 0 Å². The molecule has 1 aliphatic heterocycles. The molecule has 1 saturated heterocycles. The molecular weight excluding hydrogens is 259 g/mol. The van der Waals surface area contributed by atoms with Crippen molar-refractivity contribution < 1.29 is 4.79 Å². The molecule has 3 nitrogen and oxygen atoms in total. The molecule has 1 aromatic carbocycles. The predicted molar refractivity (Wildman–Crippen MR) is 73.1 cm³/mol. The minimum atomic E-state index is -0.0571. The smallest absolute Gasteiger partial charge is 0.241 e. The molecule has 1 atom stereocenters. The van der Waals surface area contributed by atoms with Crippen LogP contribution < -0.4 is 10.6 Å². The van der Waals surface area contributed by atoms with Crippen LogP contribution >= 0.6 is 24.0 Å². The number of carbonyl (C=O) groups is 1. The van der Waals surface area contributed by atoms with Gasteiger partial charge in [0.15, 0.2) is 0 Å². The Morgan fingerprint density at radius 3 is 2.94 bits per heavy atom. The molecule has 17 heavy (non-hydrogen) atoms. The SMILES string of the molecule is Cc1c(Cl)cccc1NC(=O)C1CCCN1.Cl. The van der Waals surface area contributed by atoms with Crippen LogP contribution in [0, 0.1) is 6.92 Å². The van der Waals surface area contributed by atoms with E-state index in [0.717, 1.165) is 30.6 Å². The second kappa shape index (κ2) is 6.24. The van der Waals surface area contributed by atoms with E-state index in [4.69, 9.17) is 11.6 Å². The van der Waals surface area contributed by atoms with Gasteiger partial charge in [-0.1, -0.05) is 17.7 Å². The monoisotopic (exact) mass is 274 g/mol. The van der Waals surface area contributed by atoms with E-state index in [0.29, 0.717) is 5.02 Å². The molecular formula is C12H16Cl2N2O. The third-order valence-electron chi connectivity index (χ3n) is 2.90. The van der Waals surface area contributed by atoms with Gasteiger partial charge < -0.3 is 10.6 Å². The third kappa shape index (κ3) is 3.35. The topological polar surface area (TPSA) is 41.1 Å². The van der Waals surface area contributed by atoms with E-state index in [1.54, 1.807) is 0 Å². The van der Waals surface area contributed by atoms with E-state index in [-0.39, 0.29) is 24.4 Å². The zero-order chi connectivity index (χ0) is 11.5. The zero-order valence-corrected chi connectivity index (χ0v) is 11.2. The lowest BCUT2D eigenvalue weighted by Crippen LogP contribution is -2.35. The van der Waals surface area contributed by atoms with Crippen molar-refractivity contribution in [1.29, 1.82) is 0 Å². The normalized spacial score (nSPS) is 18.6. The Kier molecular flexibility index (Phi) is 5.25. The van der Waals surface area contributed by atoms with Crippen LogP contribution in [0.2, 0.25) is 5.02 Å². The maximum Gasteiger partial charge on any atom is 0.241 e. The standard InChI is InChI=1S/C12H15ClN2O.ClH/c1-8-9(13)4-2-5-10(8)15-12(16)11-6-3-7-14-11;/h2,4-5,11,14H,3,6-7H2,1H3,(H,15,16);1H. The number of benzene rings is 1. The van der Waals surface area contributed by atoms with E-state index < -0.39 is 0 Å². The molecule has 0 aliphatic carbocycles. The third-order valence-corrected chi connectivity index (χ3v) is 3.31. The average molecular weight is 275 g/mol. The summed E-state index contributed by atoms with van der Waals surface area (Å²) in [7, 11) is 0. The minimum Gasteiger partial charge on any atom is -0.324 e. The lowest BCUT2D eigenvalue weighted by atomic mass is 10.1. The van der Waals surface area contributed by atoms with Crippen LogP contribution in [0.3, 0.4) is 0 Å². The van der Waals surface area contributed by atoms with E-state index in [9.17, 15) is 4.79 Å². The first-order valence-electron chi connectivity index (χ1n) is 5.48. The van der Waals surface area contributed by atoms with Crippen LogP contribution in [0.15, 0.2) is 18.2 Å².